The summed E-state index contributed by atoms with van der Waals surface area (Å²) in [6, 6.07) is 20.5. The first-order valence-electron chi connectivity index (χ1n) is 9.73. The molecule has 2 N–H and O–H groups in total. The molecule has 0 saturated heterocycles. The van der Waals surface area contributed by atoms with Gasteiger partial charge in [-0.2, -0.15) is 0 Å². The van der Waals surface area contributed by atoms with Crippen LogP contribution in [0.2, 0.25) is 0 Å². The Hall–Kier alpha value is -3.60. The molecule has 0 radical (unpaired) electrons. The average molecular weight is 382 g/mol. The molecule has 1 aliphatic heterocycles. The minimum atomic E-state index is -0.500. The van der Waals surface area contributed by atoms with Gasteiger partial charge in [-0.05, 0) is 54.8 Å². The lowest BCUT2D eigenvalue weighted by molar-refractivity contribution is 0.0897. The van der Waals surface area contributed by atoms with Gasteiger partial charge in [0.25, 0.3) is 5.91 Å². The molecule has 0 fully saturated rings. The van der Waals surface area contributed by atoms with E-state index >= 15 is 0 Å². The Morgan fingerprint density at radius 1 is 1.00 bits per heavy atom. The molecule has 1 amide bonds. The summed E-state index contributed by atoms with van der Waals surface area (Å²) >= 11 is 0. The van der Waals surface area contributed by atoms with Gasteiger partial charge in [0.1, 0.15) is 11.3 Å². The van der Waals surface area contributed by atoms with Crippen LogP contribution in [-0.2, 0) is 6.54 Å². The molecule has 5 rings (SSSR count). The molecule has 0 spiro atoms. The first-order chi connectivity index (χ1) is 14.0. The third-order valence-corrected chi connectivity index (χ3v) is 5.58. The lowest BCUT2D eigenvalue weighted by Gasteiger charge is -2.45. The minimum absolute atomic E-state index is 0.0395. The molecule has 0 bridgehead atoms. The summed E-state index contributed by atoms with van der Waals surface area (Å²) in [6.45, 7) is 4.79. The van der Waals surface area contributed by atoms with Crippen molar-refractivity contribution in [1.82, 2.24) is 15.3 Å². The summed E-state index contributed by atoms with van der Waals surface area (Å²) in [5, 5.41) is 4.21. The number of benzene rings is 2. The number of amides is 1. The molecule has 144 valence electrons. The topological polar surface area (TPSA) is 61.0 Å². The molecular weight excluding hydrogens is 360 g/mol. The van der Waals surface area contributed by atoms with Gasteiger partial charge in [0, 0.05) is 24.3 Å². The second-order valence-electron chi connectivity index (χ2n) is 7.92. The SMILES string of the molecule is CC1(C)NC(=O)c2ccc(-c3ccnc4[nH]ccc34)cc2N1Cc1ccccc1. The van der Waals surface area contributed by atoms with Gasteiger partial charge in [-0.1, -0.05) is 36.4 Å². The highest BCUT2D eigenvalue weighted by molar-refractivity contribution is 6.04. The number of hydrogen-bond donors (Lipinski definition) is 2. The average Bonchev–Trinajstić information content (AvgIpc) is 3.20. The van der Waals surface area contributed by atoms with Gasteiger partial charge in [0.15, 0.2) is 0 Å². The Balaban J connectivity index is 1.66. The number of H-pyrrole nitrogens is 1. The van der Waals surface area contributed by atoms with Crippen LogP contribution in [0.3, 0.4) is 0 Å². The zero-order chi connectivity index (χ0) is 20.0. The van der Waals surface area contributed by atoms with Gasteiger partial charge in [0.05, 0.1) is 11.3 Å². The van der Waals surface area contributed by atoms with Crippen LogP contribution in [0.5, 0.6) is 0 Å². The molecule has 2 aromatic heterocycles. The second-order valence-corrected chi connectivity index (χ2v) is 7.92. The number of fused-ring (bicyclic) bond motifs is 2. The summed E-state index contributed by atoms with van der Waals surface area (Å²) in [6.07, 6.45) is 3.71. The van der Waals surface area contributed by atoms with Crippen molar-refractivity contribution in [1.29, 1.82) is 0 Å². The summed E-state index contributed by atoms with van der Waals surface area (Å²) in [5.41, 5.74) is 5.37. The third-order valence-electron chi connectivity index (χ3n) is 5.58. The van der Waals surface area contributed by atoms with Crippen molar-refractivity contribution in [3.05, 3.63) is 84.2 Å². The van der Waals surface area contributed by atoms with Crippen LogP contribution >= 0.6 is 0 Å². The number of nitrogens with zero attached hydrogens (tertiary/aromatic N) is 2. The van der Waals surface area contributed by atoms with Crippen LogP contribution in [0, 0.1) is 0 Å². The van der Waals surface area contributed by atoms with E-state index in [4.69, 9.17) is 0 Å². The van der Waals surface area contributed by atoms with Crippen LogP contribution < -0.4 is 10.2 Å². The summed E-state index contributed by atoms with van der Waals surface area (Å²) in [7, 11) is 0. The van der Waals surface area contributed by atoms with Crippen molar-refractivity contribution in [2.45, 2.75) is 26.1 Å². The zero-order valence-corrected chi connectivity index (χ0v) is 16.4. The van der Waals surface area contributed by atoms with E-state index in [0.29, 0.717) is 12.1 Å². The number of carbonyl (C=O) groups excluding carboxylic acids is 1. The molecule has 5 heteroatoms. The van der Waals surface area contributed by atoms with E-state index in [1.165, 1.54) is 5.56 Å². The van der Waals surface area contributed by atoms with Crippen molar-refractivity contribution < 1.29 is 4.79 Å². The van der Waals surface area contributed by atoms with Crippen LogP contribution in [0.15, 0.2) is 73.1 Å². The Morgan fingerprint density at radius 2 is 1.83 bits per heavy atom. The summed E-state index contributed by atoms with van der Waals surface area (Å²) < 4.78 is 0. The Labute approximate surface area is 169 Å². The summed E-state index contributed by atoms with van der Waals surface area (Å²) in [5.74, 6) is -0.0395. The molecule has 0 aliphatic carbocycles. The molecule has 4 aromatic rings. The fraction of sp³-hybridized carbons (Fsp3) is 0.167. The molecule has 29 heavy (non-hydrogen) atoms. The van der Waals surface area contributed by atoms with E-state index in [9.17, 15) is 4.79 Å². The maximum Gasteiger partial charge on any atom is 0.255 e. The predicted octanol–water partition coefficient (Wildman–Crippen LogP) is 4.72. The number of aromatic amines is 1. The van der Waals surface area contributed by atoms with Gasteiger partial charge < -0.3 is 15.2 Å². The first-order valence-corrected chi connectivity index (χ1v) is 9.73. The van der Waals surface area contributed by atoms with Crippen LogP contribution in [-0.4, -0.2) is 21.5 Å². The number of pyridine rings is 1. The second kappa shape index (κ2) is 6.48. The maximum absolute atomic E-state index is 12.8. The lowest BCUT2D eigenvalue weighted by atomic mass is 9.95. The molecular formula is C24H22N4O. The number of carbonyl (C=O) groups is 1. The van der Waals surface area contributed by atoms with E-state index in [1.54, 1.807) is 0 Å². The molecule has 1 aliphatic rings. The van der Waals surface area contributed by atoms with E-state index < -0.39 is 5.66 Å². The largest absolute Gasteiger partial charge is 0.346 e. The van der Waals surface area contributed by atoms with Gasteiger partial charge in [-0.3, -0.25) is 4.79 Å². The van der Waals surface area contributed by atoms with Gasteiger partial charge >= 0.3 is 0 Å². The number of anilines is 1. The first kappa shape index (κ1) is 17.5. The van der Waals surface area contributed by atoms with Crippen molar-refractivity contribution in [3.63, 3.8) is 0 Å². The number of nitrogens with one attached hydrogen (secondary N) is 2. The fourth-order valence-corrected chi connectivity index (χ4v) is 4.09. The van der Waals surface area contributed by atoms with E-state index in [0.717, 1.165) is 27.8 Å². The van der Waals surface area contributed by atoms with Crippen molar-refractivity contribution in [2.75, 3.05) is 4.90 Å². The number of hydrogen-bond acceptors (Lipinski definition) is 3. The molecule has 0 saturated carbocycles. The third kappa shape index (κ3) is 2.95. The molecule has 5 nitrogen and oxygen atoms in total. The van der Waals surface area contributed by atoms with E-state index in [2.05, 4.69) is 38.4 Å². The molecule has 3 heterocycles. The Kier molecular flexibility index (Phi) is 3.91. The highest BCUT2D eigenvalue weighted by Gasteiger charge is 2.36. The maximum atomic E-state index is 12.8. The van der Waals surface area contributed by atoms with Gasteiger partial charge in [0.2, 0.25) is 0 Å². The fourth-order valence-electron chi connectivity index (χ4n) is 4.09. The molecule has 0 unspecified atom stereocenters. The van der Waals surface area contributed by atoms with Crippen LogP contribution in [0.1, 0.15) is 29.8 Å². The van der Waals surface area contributed by atoms with E-state index in [-0.39, 0.29) is 5.91 Å². The zero-order valence-electron chi connectivity index (χ0n) is 16.4. The minimum Gasteiger partial charge on any atom is -0.346 e. The van der Waals surface area contributed by atoms with Crippen molar-refractivity contribution >= 4 is 22.6 Å². The lowest BCUT2D eigenvalue weighted by Crippen LogP contribution is -2.60. The van der Waals surface area contributed by atoms with Gasteiger partial charge in [-0.15, -0.1) is 0 Å². The smallest absolute Gasteiger partial charge is 0.255 e. The Morgan fingerprint density at radius 3 is 2.66 bits per heavy atom. The van der Waals surface area contributed by atoms with Crippen molar-refractivity contribution in [3.8, 4) is 11.1 Å². The monoisotopic (exact) mass is 382 g/mol. The predicted molar refractivity (Wildman–Crippen MR) is 116 cm³/mol. The normalized spacial score (nSPS) is 15.2. The van der Waals surface area contributed by atoms with E-state index in [1.807, 2.05) is 68.7 Å². The van der Waals surface area contributed by atoms with Crippen molar-refractivity contribution in [2.24, 2.45) is 0 Å². The summed E-state index contributed by atoms with van der Waals surface area (Å²) in [4.78, 5) is 22.6. The standard InChI is InChI=1S/C24H22N4O/c1-24(2)27-23(29)20-9-8-17(18-10-12-25-22-19(18)11-13-26-22)14-21(20)28(24)15-16-6-4-3-5-7-16/h3-14H,15H2,1-2H3,(H,25,26)(H,27,29). The molecule has 2 aromatic carbocycles. The highest BCUT2D eigenvalue weighted by atomic mass is 16.2. The molecule has 0 atom stereocenters. The van der Waals surface area contributed by atoms with Gasteiger partial charge in [-0.25, -0.2) is 4.98 Å². The Bertz CT molecular complexity index is 1210. The van der Waals surface area contributed by atoms with Crippen LogP contribution in [0.25, 0.3) is 22.2 Å². The highest BCUT2D eigenvalue weighted by Crippen LogP contribution is 2.37. The number of aromatic nitrogens is 2. The quantitative estimate of drug-likeness (QED) is 0.539. The van der Waals surface area contributed by atoms with Crippen LogP contribution in [0.4, 0.5) is 5.69 Å². The number of rotatable bonds is 3.